The van der Waals surface area contributed by atoms with Crippen LogP contribution in [0.5, 0.6) is 5.75 Å². The number of aromatic nitrogens is 1. The van der Waals surface area contributed by atoms with Gasteiger partial charge in [-0.2, -0.15) is 0 Å². The summed E-state index contributed by atoms with van der Waals surface area (Å²) in [5.74, 6) is -0.926. The molecule has 0 spiro atoms. The quantitative estimate of drug-likeness (QED) is 0.389. The Hall–Kier alpha value is -2.38. The molecule has 0 radical (unpaired) electrons. The minimum atomic E-state index is -0.720. The van der Waals surface area contributed by atoms with Crippen molar-refractivity contribution >= 4 is 40.5 Å². The number of anilines is 1. The Morgan fingerprint density at radius 3 is 2.43 bits per heavy atom. The SMILES string of the molecule is O=C(Nc1ccc(O)cc1[N+](=O)[O-])c1cc(Cl)nc(Cl)c1. The van der Waals surface area contributed by atoms with Gasteiger partial charge in [-0.05, 0) is 24.3 Å². The molecule has 0 aliphatic carbocycles. The second kappa shape index (κ2) is 5.94. The van der Waals surface area contributed by atoms with E-state index >= 15 is 0 Å². The number of carbonyl (C=O) groups is 1. The van der Waals surface area contributed by atoms with Crippen molar-refractivity contribution in [3.8, 4) is 5.75 Å². The Labute approximate surface area is 128 Å². The van der Waals surface area contributed by atoms with Gasteiger partial charge in [0.05, 0.1) is 11.0 Å². The van der Waals surface area contributed by atoms with Crippen LogP contribution in [0.3, 0.4) is 0 Å². The second-order valence-electron chi connectivity index (χ2n) is 3.91. The molecule has 2 N–H and O–H groups in total. The number of hydrogen-bond donors (Lipinski definition) is 2. The maximum atomic E-state index is 12.0. The number of rotatable bonds is 3. The monoisotopic (exact) mass is 327 g/mol. The molecule has 2 rings (SSSR count). The number of nitrogens with one attached hydrogen (secondary N) is 1. The number of benzene rings is 1. The number of carbonyl (C=O) groups excluding carboxylic acids is 1. The van der Waals surface area contributed by atoms with Crippen molar-refractivity contribution in [2.24, 2.45) is 0 Å². The number of nitrogens with zero attached hydrogens (tertiary/aromatic N) is 2. The minimum Gasteiger partial charge on any atom is -0.508 e. The number of halogens is 2. The van der Waals surface area contributed by atoms with Crippen molar-refractivity contribution in [3.05, 3.63) is 56.3 Å². The van der Waals surface area contributed by atoms with Gasteiger partial charge in [-0.1, -0.05) is 23.2 Å². The highest BCUT2D eigenvalue weighted by molar-refractivity contribution is 6.33. The fourth-order valence-electron chi connectivity index (χ4n) is 1.57. The molecule has 108 valence electrons. The van der Waals surface area contributed by atoms with E-state index in [1.807, 2.05) is 0 Å². The van der Waals surface area contributed by atoms with Crippen LogP contribution in [-0.4, -0.2) is 20.9 Å². The molecule has 0 saturated heterocycles. The number of amides is 1. The first-order chi connectivity index (χ1) is 9.86. The first-order valence-electron chi connectivity index (χ1n) is 5.48. The summed E-state index contributed by atoms with van der Waals surface area (Å²) in [7, 11) is 0. The molecule has 0 bridgehead atoms. The number of nitro groups is 1. The average Bonchev–Trinajstić information content (AvgIpc) is 2.39. The summed E-state index contributed by atoms with van der Waals surface area (Å²) in [5.41, 5.74) is -0.399. The Kier molecular flexibility index (Phi) is 4.25. The van der Waals surface area contributed by atoms with Crippen molar-refractivity contribution in [3.63, 3.8) is 0 Å². The van der Waals surface area contributed by atoms with Crippen LogP contribution in [0.1, 0.15) is 10.4 Å². The lowest BCUT2D eigenvalue weighted by Crippen LogP contribution is -2.13. The van der Waals surface area contributed by atoms with E-state index in [9.17, 15) is 20.0 Å². The summed E-state index contributed by atoms with van der Waals surface area (Å²) in [6.07, 6.45) is 0. The number of hydrogen-bond acceptors (Lipinski definition) is 5. The third-order valence-electron chi connectivity index (χ3n) is 2.45. The summed E-state index contributed by atoms with van der Waals surface area (Å²) < 4.78 is 0. The summed E-state index contributed by atoms with van der Waals surface area (Å²) in [5, 5.41) is 22.5. The number of nitro benzene ring substituents is 1. The average molecular weight is 328 g/mol. The van der Waals surface area contributed by atoms with E-state index in [-0.39, 0.29) is 27.3 Å². The first kappa shape index (κ1) is 15.0. The molecule has 1 aromatic carbocycles. The molecule has 2 aromatic rings. The lowest BCUT2D eigenvalue weighted by atomic mass is 10.2. The van der Waals surface area contributed by atoms with Crippen LogP contribution >= 0.6 is 23.2 Å². The van der Waals surface area contributed by atoms with Gasteiger partial charge in [-0.3, -0.25) is 14.9 Å². The fraction of sp³-hybridized carbons (Fsp3) is 0. The van der Waals surface area contributed by atoms with Crippen molar-refractivity contribution in [1.29, 1.82) is 0 Å². The normalized spacial score (nSPS) is 10.2. The zero-order chi connectivity index (χ0) is 15.6. The molecule has 21 heavy (non-hydrogen) atoms. The highest BCUT2D eigenvalue weighted by Gasteiger charge is 2.18. The Morgan fingerprint density at radius 2 is 1.86 bits per heavy atom. The molecule has 9 heteroatoms. The second-order valence-corrected chi connectivity index (χ2v) is 4.69. The van der Waals surface area contributed by atoms with Gasteiger partial charge >= 0.3 is 0 Å². The van der Waals surface area contributed by atoms with E-state index in [2.05, 4.69) is 10.3 Å². The molecule has 1 heterocycles. The Morgan fingerprint density at radius 1 is 1.24 bits per heavy atom. The van der Waals surface area contributed by atoms with Crippen molar-refractivity contribution in [1.82, 2.24) is 4.98 Å². The van der Waals surface area contributed by atoms with Gasteiger partial charge in [-0.25, -0.2) is 4.98 Å². The maximum absolute atomic E-state index is 12.0. The number of phenolic OH excluding ortho intramolecular Hbond substituents is 1. The van der Waals surface area contributed by atoms with Crippen LogP contribution in [0.2, 0.25) is 10.3 Å². The zero-order valence-electron chi connectivity index (χ0n) is 10.2. The lowest BCUT2D eigenvalue weighted by Gasteiger charge is -2.07. The Bertz CT molecular complexity index is 716. The van der Waals surface area contributed by atoms with Crippen LogP contribution < -0.4 is 5.32 Å². The fourth-order valence-corrected chi connectivity index (χ4v) is 2.03. The molecule has 1 amide bonds. The third-order valence-corrected chi connectivity index (χ3v) is 2.84. The summed E-state index contributed by atoms with van der Waals surface area (Å²) >= 11 is 11.4. The summed E-state index contributed by atoms with van der Waals surface area (Å²) in [4.78, 5) is 25.9. The number of pyridine rings is 1. The standard InChI is InChI=1S/C12H7Cl2N3O4/c13-10-3-6(4-11(14)16-10)12(19)15-8-2-1-7(18)5-9(8)17(20)21/h1-5,18H,(H,15,19). The smallest absolute Gasteiger partial charge is 0.296 e. The van der Waals surface area contributed by atoms with E-state index in [1.54, 1.807) is 0 Å². The van der Waals surface area contributed by atoms with Gasteiger partial charge < -0.3 is 10.4 Å². The summed E-state index contributed by atoms with van der Waals surface area (Å²) in [6.45, 7) is 0. The van der Waals surface area contributed by atoms with Gasteiger partial charge in [0.2, 0.25) is 0 Å². The van der Waals surface area contributed by atoms with Crippen LogP contribution in [0.15, 0.2) is 30.3 Å². The van der Waals surface area contributed by atoms with E-state index in [0.717, 1.165) is 6.07 Å². The van der Waals surface area contributed by atoms with Crippen molar-refractivity contribution in [2.75, 3.05) is 5.32 Å². The zero-order valence-corrected chi connectivity index (χ0v) is 11.7. The van der Waals surface area contributed by atoms with Crippen LogP contribution in [0, 0.1) is 10.1 Å². The molecule has 0 aliphatic heterocycles. The molecule has 0 atom stereocenters. The topological polar surface area (TPSA) is 105 Å². The molecule has 7 nitrogen and oxygen atoms in total. The number of aromatic hydroxyl groups is 1. The van der Waals surface area contributed by atoms with Gasteiger partial charge in [0.15, 0.2) is 0 Å². The van der Waals surface area contributed by atoms with Gasteiger partial charge in [0.1, 0.15) is 21.7 Å². The molecule has 1 aromatic heterocycles. The van der Waals surface area contributed by atoms with Crippen LogP contribution in [-0.2, 0) is 0 Å². The van der Waals surface area contributed by atoms with E-state index in [1.165, 1.54) is 24.3 Å². The predicted octanol–water partition coefficient (Wildman–Crippen LogP) is 3.25. The first-order valence-corrected chi connectivity index (χ1v) is 6.24. The van der Waals surface area contributed by atoms with Gasteiger partial charge in [0.25, 0.3) is 11.6 Å². The molecule has 0 unspecified atom stereocenters. The van der Waals surface area contributed by atoms with Gasteiger partial charge in [-0.15, -0.1) is 0 Å². The van der Waals surface area contributed by atoms with Crippen LogP contribution in [0.4, 0.5) is 11.4 Å². The maximum Gasteiger partial charge on any atom is 0.296 e. The molecule has 0 saturated carbocycles. The molecule has 0 aliphatic rings. The van der Waals surface area contributed by atoms with E-state index in [0.29, 0.717) is 0 Å². The highest BCUT2D eigenvalue weighted by Crippen LogP contribution is 2.29. The van der Waals surface area contributed by atoms with Crippen LogP contribution in [0.25, 0.3) is 0 Å². The molecular formula is C12H7Cl2N3O4. The largest absolute Gasteiger partial charge is 0.508 e. The summed E-state index contributed by atoms with van der Waals surface area (Å²) in [6, 6.07) is 5.91. The minimum absolute atomic E-state index is 0.0212. The van der Waals surface area contributed by atoms with E-state index in [4.69, 9.17) is 23.2 Å². The Balaban J connectivity index is 2.33. The van der Waals surface area contributed by atoms with Gasteiger partial charge in [0, 0.05) is 5.56 Å². The predicted molar refractivity (Wildman–Crippen MR) is 77.0 cm³/mol. The highest BCUT2D eigenvalue weighted by atomic mass is 35.5. The third kappa shape index (κ3) is 3.59. The molecule has 0 fully saturated rings. The molecular weight excluding hydrogens is 321 g/mol. The lowest BCUT2D eigenvalue weighted by molar-refractivity contribution is -0.384. The van der Waals surface area contributed by atoms with Crippen molar-refractivity contribution in [2.45, 2.75) is 0 Å². The van der Waals surface area contributed by atoms with Crippen molar-refractivity contribution < 1.29 is 14.8 Å². The van der Waals surface area contributed by atoms with E-state index < -0.39 is 16.5 Å². The number of phenols is 1.